The quantitative estimate of drug-likeness (QED) is 0.357. The lowest BCUT2D eigenvalue weighted by Crippen LogP contribution is -2.59. The van der Waals surface area contributed by atoms with E-state index in [4.69, 9.17) is 0 Å². The first-order valence-electron chi connectivity index (χ1n) is 15.2. The van der Waals surface area contributed by atoms with Crippen LogP contribution in [0.4, 0.5) is 0 Å². The SMILES string of the molecule is C=CCN(Cc1ccccc1)C(=O)[C@@H]1[C@@H]2CC(C)C3(S2)C(C(=O)N(CC=C)C(C)C)N([C@H](CO)c2ccccc2)C(=O)[C@H]13. The first-order valence-corrected chi connectivity index (χ1v) is 16.1. The Morgan fingerprint density at radius 1 is 1.05 bits per heavy atom. The molecule has 2 aromatic rings. The highest BCUT2D eigenvalue weighted by Gasteiger charge is 2.77. The molecule has 3 saturated heterocycles. The molecule has 5 rings (SSSR count). The number of benzene rings is 2. The molecule has 3 fully saturated rings. The molecular formula is C35H43N3O4S. The molecular weight excluding hydrogens is 558 g/mol. The van der Waals surface area contributed by atoms with Crippen molar-refractivity contribution in [3.05, 3.63) is 97.1 Å². The zero-order valence-corrected chi connectivity index (χ0v) is 26.2. The standard InChI is InChI=1S/C35H43N3O4S/c1-6-18-36(21-25-14-10-8-11-15-25)32(40)29-28-20-24(5)35(43-28)30(29)33(41)38(27(22-39)26-16-12-9-13-17-26)31(35)34(42)37(19-7-2)23(3)4/h6-17,23-24,27-31,39H,1-2,18-22H2,3-5H3/t24?,27-,28+,29-,30+,31?,35?/m1/s1. The molecule has 3 aliphatic rings. The molecule has 0 radical (unpaired) electrons. The smallest absolute Gasteiger partial charge is 0.247 e. The van der Waals surface area contributed by atoms with Gasteiger partial charge in [0.2, 0.25) is 17.7 Å². The summed E-state index contributed by atoms with van der Waals surface area (Å²) in [6.45, 7) is 14.6. The summed E-state index contributed by atoms with van der Waals surface area (Å²) in [5.41, 5.74) is 1.77. The van der Waals surface area contributed by atoms with Gasteiger partial charge in [0.05, 0.1) is 29.2 Å². The second kappa shape index (κ2) is 12.7. The molecule has 0 aromatic heterocycles. The van der Waals surface area contributed by atoms with Gasteiger partial charge < -0.3 is 19.8 Å². The van der Waals surface area contributed by atoms with Crippen LogP contribution < -0.4 is 0 Å². The predicted molar refractivity (Wildman–Crippen MR) is 171 cm³/mol. The van der Waals surface area contributed by atoms with Crippen molar-refractivity contribution in [2.24, 2.45) is 17.8 Å². The van der Waals surface area contributed by atoms with Gasteiger partial charge in [-0.05, 0) is 37.3 Å². The summed E-state index contributed by atoms with van der Waals surface area (Å²) in [4.78, 5) is 49.2. The molecule has 2 aromatic carbocycles. The lowest BCUT2D eigenvalue weighted by Gasteiger charge is -2.43. The van der Waals surface area contributed by atoms with Gasteiger partial charge in [-0.15, -0.1) is 24.9 Å². The summed E-state index contributed by atoms with van der Waals surface area (Å²) in [5.74, 6) is -1.67. The number of nitrogens with zero attached hydrogens (tertiary/aromatic N) is 3. The van der Waals surface area contributed by atoms with Crippen LogP contribution in [0, 0.1) is 17.8 Å². The fraction of sp³-hybridized carbons (Fsp3) is 0.457. The maximum Gasteiger partial charge on any atom is 0.247 e. The van der Waals surface area contributed by atoms with E-state index in [0.29, 0.717) is 19.6 Å². The molecule has 43 heavy (non-hydrogen) atoms. The van der Waals surface area contributed by atoms with E-state index in [2.05, 4.69) is 20.1 Å². The Bertz CT molecular complexity index is 1350. The number of carbonyl (C=O) groups is 3. The van der Waals surface area contributed by atoms with Gasteiger partial charge in [-0.3, -0.25) is 14.4 Å². The minimum atomic E-state index is -0.825. The number of hydrogen-bond donors (Lipinski definition) is 1. The summed E-state index contributed by atoms with van der Waals surface area (Å²) < 4.78 is -0.789. The Morgan fingerprint density at radius 2 is 1.67 bits per heavy atom. The predicted octanol–water partition coefficient (Wildman–Crippen LogP) is 4.70. The number of likely N-dealkylation sites (tertiary alicyclic amines) is 1. The normalized spacial score (nSPS) is 28.1. The molecule has 1 N–H and O–H groups in total. The van der Waals surface area contributed by atoms with Gasteiger partial charge in [0.1, 0.15) is 6.04 Å². The average Bonchev–Trinajstić information content (AvgIpc) is 3.60. The number of thioether (sulfide) groups is 1. The molecule has 8 heteroatoms. The van der Waals surface area contributed by atoms with Gasteiger partial charge in [-0.25, -0.2) is 0 Å². The lowest BCUT2D eigenvalue weighted by molar-refractivity contribution is -0.147. The number of amides is 3. The molecule has 2 bridgehead atoms. The molecule has 0 aliphatic carbocycles. The number of hydrogen-bond acceptors (Lipinski definition) is 5. The van der Waals surface area contributed by atoms with Crippen LogP contribution in [0.2, 0.25) is 0 Å². The minimum Gasteiger partial charge on any atom is -0.394 e. The third-order valence-corrected chi connectivity index (χ3v) is 11.6. The Kier molecular flexibility index (Phi) is 9.18. The van der Waals surface area contributed by atoms with Gasteiger partial charge in [0.15, 0.2) is 0 Å². The molecule has 228 valence electrons. The molecule has 0 saturated carbocycles. The molecule has 3 heterocycles. The summed E-state index contributed by atoms with van der Waals surface area (Å²) in [6.07, 6.45) is 4.18. The molecule has 7 atom stereocenters. The third kappa shape index (κ3) is 5.22. The fourth-order valence-electron chi connectivity index (χ4n) is 7.64. The van der Waals surface area contributed by atoms with E-state index >= 15 is 0 Å². The largest absolute Gasteiger partial charge is 0.394 e. The average molecular weight is 602 g/mol. The first-order chi connectivity index (χ1) is 20.7. The van der Waals surface area contributed by atoms with E-state index in [1.54, 1.807) is 38.6 Å². The zero-order chi connectivity index (χ0) is 30.9. The highest BCUT2D eigenvalue weighted by Crippen LogP contribution is 2.69. The Labute approximate surface area is 259 Å². The van der Waals surface area contributed by atoms with Crippen molar-refractivity contribution in [3.63, 3.8) is 0 Å². The highest BCUT2D eigenvalue weighted by molar-refractivity contribution is 8.02. The number of carbonyl (C=O) groups excluding carboxylic acids is 3. The highest BCUT2D eigenvalue weighted by atomic mass is 32.2. The Hall–Kier alpha value is -3.36. The van der Waals surface area contributed by atoms with Crippen molar-refractivity contribution in [1.29, 1.82) is 0 Å². The summed E-state index contributed by atoms with van der Waals surface area (Å²) >= 11 is 1.66. The van der Waals surface area contributed by atoms with Gasteiger partial charge in [-0.2, -0.15) is 0 Å². The molecule has 3 unspecified atom stereocenters. The first kappa shape index (κ1) is 31.1. The topological polar surface area (TPSA) is 81.2 Å². The van der Waals surface area contributed by atoms with Crippen LogP contribution in [0.15, 0.2) is 86.0 Å². The lowest BCUT2D eigenvalue weighted by atomic mass is 9.65. The summed E-state index contributed by atoms with van der Waals surface area (Å²) in [6, 6.07) is 17.6. The third-order valence-electron chi connectivity index (χ3n) is 9.51. The molecule has 3 amide bonds. The maximum absolute atomic E-state index is 14.8. The Balaban J connectivity index is 1.61. The van der Waals surface area contributed by atoms with Crippen LogP contribution >= 0.6 is 11.8 Å². The Morgan fingerprint density at radius 3 is 2.26 bits per heavy atom. The van der Waals surface area contributed by atoms with E-state index in [9.17, 15) is 19.5 Å². The second-order valence-corrected chi connectivity index (χ2v) is 13.8. The maximum atomic E-state index is 14.8. The number of fused-ring (bicyclic) bond motifs is 1. The van der Waals surface area contributed by atoms with Gasteiger partial charge in [0, 0.05) is 30.9 Å². The van der Waals surface area contributed by atoms with Crippen molar-refractivity contribution in [1.82, 2.24) is 14.7 Å². The molecule has 1 spiro atoms. The van der Waals surface area contributed by atoms with Crippen LogP contribution in [0.3, 0.4) is 0 Å². The summed E-state index contributed by atoms with van der Waals surface area (Å²) in [7, 11) is 0. The number of aliphatic hydroxyl groups is 1. The second-order valence-electron chi connectivity index (χ2n) is 12.3. The molecule has 7 nitrogen and oxygen atoms in total. The van der Waals surface area contributed by atoms with Crippen molar-refractivity contribution in [2.45, 2.75) is 61.9 Å². The van der Waals surface area contributed by atoms with Crippen LogP contribution in [0.5, 0.6) is 0 Å². The van der Waals surface area contributed by atoms with Crippen LogP contribution in [0.25, 0.3) is 0 Å². The van der Waals surface area contributed by atoms with Gasteiger partial charge in [0.25, 0.3) is 0 Å². The zero-order valence-electron chi connectivity index (χ0n) is 25.3. The van der Waals surface area contributed by atoms with E-state index < -0.39 is 28.7 Å². The van der Waals surface area contributed by atoms with E-state index in [1.165, 1.54) is 0 Å². The minimum absolute atomic E-state index is 0.0225. The number of rotatable bonds is 12. The summed E-state index contributed by atoms with van der Waals surface area (Å²) in [5, 5.41) is 10.7. The van der Waals surface area contributed by atoms with Crippen LogP contribution in [-0.2, 0) is 20.9 Å². The van der Waals surface area contributed by atoms with Crippen molar-refractivity contribution in [2.75, 3.05) is 19.7 Å². The number of aliphatic hydroxyl groups excluding tert-OH is 1. The monoisotopic (exact) mass is 601 g/mol. The van der Waals surface area contributed by atoms with Gasteiger partial charge >= 0.3 is 0 Å². The van der Waals surface area contributed by atoms with Crippen molar-refractivity contribution < 1.29 is 19.5 Å². The van der Waals surface area contributed by atoms with Crippen molar-refractivity contribution in [3.8, 4) is 0 Å². The van der Waals surface area contributed by atoms with Gasteiger partial charge in [-0.1, -0.05) is 79.7 Å². The van der Waals surface area contributed by atoms with Crippen LogP contribution in [0.1, 0.15) is 44.4 Å². The van der Waals surface area contributed by atoms with Crippen LogP contribution in [-0.4, -0.2) is 79.3 Å². The van der Waals surface area contributed by atoms with E-state index in [0.717, 1.165) is 17.5 Å². The van der Waals surface area contributed by atoms with E-state index in [-0.39, 0.29) is 41.5 Å². The van der Waals surface area contributed by atoms with Crippen molar-refractivity contribution >= 4 is 29.5 Å². The fourth-order valence-corrected chi connectivity index (χ4v) is 10.0. The molecule has 3 aliphatic heterocycles. The van der Waals surface area contributed by atoms with E-state index in [1.807, 2.05) is 74.5 Å².